The number of hydrogen-bond acceptors (Lipinski definition) is 1. The van der Waals surface area contributed by atoms with Crippen LogP contribution in [0.1, 0.15) is 56.6 Å². The van der Waals surface area contributed by atoms with Gasteiger partial charge in [-0.05, 0) is 37.4 Å². The summed E-state index contributed by atoms with van der Waals surface area (Å²) in [5, 5.41) is 4.39. The largest absolute Gasteiger partial charge is 0.313 e. The fraction of sp³-hybridized carbons (Fsp3) is 0.625. The van der Waals surface area contributed by atoms with Gasteiger partial charge in [0.05, 0.1) is 0 Å². The van der Waals surface area contributed by atoms with Gasteiger partial charge in [0.15, 0.2) is 0 Å². The van der Waals surface area contributed by atoms with E-state index in [4.69, 9.17) is 11.6 Å². The molecule has 1 aliphatic carbocycles. The monoisotopic (exact) mass is 265 g/mol. The molecule has 1 fully saturated rings. The Balaban J connectivity index is 2.13. The third-order valence-electron chi connectivity index (χ3n) is 4.17. The van der Waals surface area contributed by atoms with Crippen molar-refractivity contribution in [2.24, 2.45) is 5.92 Å². The Labute approximate surface area is 116 Å². The van der Waals surface area contributed by atoms with Gasteiger partial charge in [0.25, 0.3) is 0 Å². The maximum atomic E-state index is 6.35. The molecule has 0 amide bonds. The standard InChI is InChI=1S/C16H24ClN/c1-18-16(14-11-7-8-12-15(14)17)13-9-5-3-2-4-6-10-13/h7-8,11-13,16,18H,2-6,9-10H2,1H3. The minimum absolute atomic E-state index is 0.414. The highest BCUT2D eigenvalue weighted by molar-refractivity contribution is 6.31. The van der Waals surface area contributed by atoms with Crippen LogP contribution in [0.4, 0.5) is 0 Å². The van der Waals surface area contributed by atoms with Gasteiger partial charge in [-0.1, -0.05) is 61.9 Å². The molecule has 18 heavy (non-hydrogen) atoms. The predicted molar refractivity (Wildman–Crippen MR) is 79.1 cm³/mol. The molecule has 100 valence electrons. The molecule has 2 heteroatoms. The summed E-state index contributed by atoms with van der Waals surface area (Å²) in [6, 6.07) is 8.69. The SMILES string of the molecule is CNC(c1ccccc1Cl)C1CCCCCCC1. The second-order valence-corrected chi connectivity index (χ2v) is 5.80. The van der Waals surface area contributed by atoms with Crippen molar-refractivity contribution in [3.05, 3.63) is 34.9 Å². The average Bonchev–Trinajstić information content (AvgIpc) is 2.34. The van der Waals surface area contributed by atoms with Crippen molar-refractivity contribution in [3.8, 4) is 0 Å². The van der Waals surface area contributed by atoms with E-state index in [1.165, 1.54) is 50.5 Å². The molecule has 0 aromatic heterocycles. The molecule has 1 N–H and O–H groups in total. The summed E-state index contributed by atoms with van der Waals surface area (Å²) in [7, 11) is 2.06. The van der Waals surface area contributed by atoms with Crippen LogP contribution in [-0.2, 0) is 0 Å². The number of benzene rings is 1. The van der Waals surface area contributed by atoms with Gasteiger partial charge in [0.2, 0.25) is 0 Å². The molecule has 1 saturated carbocycles. The first-order chi connectivity index (χ1) is 8.83. The molecule has 0 heterocycles. The van der Waals surface area contributed by atoms with Gasteiger partial charge in [-0.15, -0.1) is 0 Å². The minimum atomic E-state index is 0.414. The minimum Gasteiger partial charge on any atom is -0.313 e. The summed E-state index contributed by atoms with van der Waals surface area (Å²) in [6.45, 7) is 0. The van der Waals surface area contributed by atoms with E-state index >= 15 is 0 Å². The van der Waals surface area contributed by atoms with Crippen molar-refractivity contribution in [2.75, 3.05) is 7.05 Å². The molecule has 1 nitrogen and oxygen atoms in total. The first-order valence-electron chi connectivity index (χ1n) is 7.24. The van der Waals surface area contributed by atoms with Gasteiger partial charge in [0.1, 0.15) is 0 Å². The van der Waals surface area contributed by atoms with Crippen molar-refractivity contribution in [2.45, 2.75) is 51.0 Å². The highest BCUT2D eigenvalue weighted by Crippen LogP contribution is 2.35. The second-order valence-electron chi connectivity index (χ2n) is 5.39. The number of hydrogen-bond donors (Lipinski definition) is 1. The lowest BCUT2D eigenvalue weighted by Gasteiger charge is -2.29. The Morgan fingerprint density at radius 1 is 1.06 bits per heavy atom. The smallest absolute Gasteiger partial charge is 0.0453 e. The molecular weight excluding hydrogens is 242 g/mol. The van der Waals surface area contributed by atoms with Crippen LogP contribution in [0.3, 0.4) is 0 Å². The van der Waals surface area contributed by atoms with Crippen LogP contribution in [-0.4, -0.2) is 7.05 Å². The van der Waals surface area contributed by atoms with E-state index in [-0.39, 0.29) is 0 Å². The van der Waals surface area contributed by atoms with Crippen LogP contribution in [0.25, 0.3) is 0 Å². The maximum absolute atomic E-state index is 6.35. The Bertz CT molecular complexity index is 356. The number of halogens is 1. The molecule has 1 aliphatic rings. The van der Waals surface area contributed by atoms with E-state index in [0.29, 0.717) is 6.04 Å². The van der Waals surface area contributed by atoms with Crippen molar-refractivity contribution in [3.63, 3.8) is 0 Å². The fourth-order valence-electron chi connectivity index (χ4n) is 3.19. The molecule has 1 atom stereocenters. The van der Waals surface area contributed by atoms with E-state index in [9.17, 15) is 0 Å². The predicted octanol–water partition coefficient (Wildman–Crippen LogP) is 4.96. The highest BCUT2D eigenvalue weighted by atomic mass is 35.5. The lowest BCUT2D eigenvalue weighted by atomic mass is 9.83. The number of rotatable bonds is 3. The summed E-state index contributed by atoms with van der Waals surface area (Å²) < 4.78 is 0. The normalized spacial score (nSPS) is 20.1. The van der Waals surface area contributed by atoms with E-state index in [1.54, 1.807) is 0 Å². The highest BCUT2D eigenvalue weighted by Gasteiger charge is 2.23. The van der Waals surface area contributed by atoms with Gasteiger partial charge >= 0.3 is 0 Å². The van der Waals surface area contributed by atoms with Gasteiger partial charge in [-0.3, -0.25) is 0 Å². The Morgan fingerprint density at radius 3 is 2.28 bits per heavy atom. The van der Waals surface area contributed by atoms with Gasteiger partial charge in [-0.25, -0.2) is 0 Å². The molecule has 1 unspecified atom stereocenters. The Morgan fingerprint density at radius 2 is 1.67 bits per heavy atom. The molecule has 1 aromatic carbocycles. The Kier molecular flexibility index (Phi) is 5.52. The van der Waals surface area contributed by atoms with Crippen LogP contribution in [0.5, 0.6) is 0 Å². The second kappa shape index (κ2) is 7.16. The van der Waals surface area contributed by atoms with Crippen LogP contribution < -0.4 is 5.32 Å². The third kappa shape index (κ3) is 3.49. The van der Waals surface area contributed by atoms with Crippen molar-refractivity contribution >= 4 is 11.6 Å². The summed E-state index contributed by atoms with van der Waals surface area (Å²) >= 11 is 6.35. The van der Waals surface area contributed by atoms with Crippen LogP contribution in [0.15, 0.2) is 24.3 Å². The topological polar surface area (TPSA) is 12.0 Å². The van der Waals surface area contributed by atoms with Crippen molar-refractivity contribution in [1.82, 2.24) is 5.32 Å². The van der Waals surface area contributed by atoms with E-state index in [0.717, 1.165) is 10.9 Å². The zero-order valence-corrected chi connectivity index (χ0v) is 12.0. The average molecular weight is 266 g/mol. The van der Waals surface area contributed by atoms with Crippen molar-refractivity contribution < 1.29 is 0 Å². The van der Waals surface area contributed by atoms with Crippen LogP contribution in [0.2, 0.25) is 5.02 Å². The lowest BCUT2D eigenvalue weighted by molar-refractivity contribution is 0.299. The Hall–Kier alpha value is -0.530. The summed E-state index contributed by atoms with van der Waals surface area (Å²) in [5.74, 6) is 0.732. The van der Waals surface area contributed by atoms with E-state index < -0.39 is 0 Å². The summed E-state index contributed by atoms with van der Waals surface area (Å²) in [5.41, 5.74) is 1.27. The van der Waals surface area contributed by atoms with Crippen LogP contribution >= 0.6 is 11.6 Å². The molecular formula is C16H24ClN. The summed E-state index contributed by atoms with van der Waals surface area (Å²) in [6.07, 6.45) is 9.61. The molecule has 0 radical (unpaired) electrons. The first kappa shape index (κ1) is 13.9. The quantitative estimate of drug-likeness (QED) is 0.814. The maximum Gasteiger partial charge on any atom is 0.0453 e. The number of nitrogens with one attached hydrogen (secondary N) is 1. The molecule has 2 rings (SSSR count). The van der Waals surface area contributed by atoms with Crippen molar-refractivity contribution in [1.29, 1.82) is 0 Å². The zero-order valence-electron chi connectivity index (χ0n) is 11.3. The third-order valence-corrected chi connectivity index (χ3v) is 4.52. The fourth-order valence-corrected chi connectivity index (χ4v) is 3.45. The first-order valence-corrected chi connectivity index (χ1v) is 7.62. The molecule has 0 bridgehead atoms. The van der Waals surface area contributed by atoms with Gasteiger partial charge in [0, 0.05) is 11.1 Å². The lowest BCUT2D eigenvalue weighted by Crippen LogP contribution is -2.26. The van der Waals surface area contributed by atoms with Gasteiger partial charge in [-0.2, -0.15) is 0 Å². The van der Waals surface area contributed by atoms with E-state index in [1.807, 2.05) is 12.1 Å². The van der Waals surface area contributed by atoms with Crippen LogP contribution in [0, 0.1) is 5.92 Å². The molecule has 0 spiro atoms. The zero-order chi connectivity index (χ0) is 12.8. The molecule has 0 aliphatic heterocycles. The summed E-state index contributed by atoms with van der Waals surface area (Å²) in [4.78, 5) is 0. The van der Waals surface area contributed by atoms with Gasteiger partial charge < -0.3 is 5.32 Å². The molecule has 1 aromatic rings. The van der Waals surface area contributed by atoms with E-state index in [2.05, 4.69) is 24.5 Å². The molecule has 0 saturated heterocycles.